The second-order valence-electron chi connectivity index (χ2n) is 5.14. The Kier molecular flexibility index (Phi) is 6.01. The molecule has 0 unspecified atom stereocenters. The SMILES string of the molecule is COC(=O)CSc1nnc([C@@H](C)NC(=O)OC(C)(C)C)o1. The van der Waals surface area contributed by atoms with Gasteiger partial charge in [-0.15, -0.1) is 10.2 Å². The molecule has 0 fully saturated rings. The van der Waals surface area contributed by atoms with Crippen LogP contribution in [-0.2, 0) is 14.3 Å². The summed E-state index contributed by atoms with van der Waals surface area (Å²) in [5.74, 6) is -0.0839. The number of methoxy groups -OCH3 is 1. The molecule has 1 aromatic rings. The van der Waals surface area contributed by atoms with Crippen LogP contribution in [0.2, 0.25) is 0 Å². The Hall–Kier alpha value is -1.77. The molecule has 0 aromatic carbocycles. The summed E-state index contributed by atoms with van der Waals surface area (Å²) >= 11 is 1.06. The third kappa shape index (κ3) is 6.48. The van der Waals surface area contributed by atoms with Crippen LogP contribution < -0.4 is 5.32 Å². The van der Waals surface area contributed by atoms with Gasteiger partial charge >= 0.3 is 12.1 Å². The van der Waals surface area contributed by atoms with E-state index in [-0.39, 0.29) is 22.8 Å². The zero-order chi connectivity index (χ0) is 16.0. The summed E-state index contributed by atoms with van der Waals surface area (Å²) in [6.45, 7) is 6.99. The van der Waals surface area contributed by atoms with E-state index in [1.165, 1.54) is 7.11 Å². The molecule has 1 heterocycles. The van der Waals surface area contributed by atoms with Crippen LogP contribution in [0.4, 0.5) is 4.79 Å². The summed E-state index contributed by atoms with van der Waals surface area (Å²) in [6.07, 6.45) is -0.572. The van der Waals surface area contributed by atoms with Gasteiger partial charge in [-0.1, -0.05) is 11.8 Å². The van der Waals surface area contributed by atoms with Crippen LogP contribution in [0.1, 0.15) is 39.6 Å². The second-order valence-corrected chi connectivity index (χ2v) is 6.07. The molecule has 21 heavy (non-hydrogen) atoms. The van der Waals surface area contributed by atoms with Gasteiger partial charge in [0.25, 0.3) is 5.22 Å². The number of thioether (sulfide) groups is 1. The van der Waals surface area contributed by atoms with Crippen LogP contribution in [0.15, 0.2) is 9.64 Å². The van der Waals surface area contributed by atoms with E-state index in [1.54, 1.807) is 27.7 Å². The van der Waals surface area contributed by atoms with Crippen molar-refractivity contribution in [3.05, 3.63) is 5.89 Å². The predicted molar refractivity (Wildman–Crippen MR) is 74.8 cm³/mol. The average Bonchev–Trinajstić information content (AvgIpc) is 2.82. The van der Waals surface area contributed by atoms with Crippen LogP contribution in [0.5, 0.6) is 0 Å². The van der Waals surface area contributed by atoms with E-state index in [4.69, 9.17) is 9.15 Å². The molecule has 9 heteroatoms. The summed E-state index contributed by atoms with van der Waals surface area (Å²) in [5.41, 5.74) is -0.583. The Labute approximate surface area is 127 Å². The van der Waals surface area contributed by atoms with Crippen molar-refractivity contribution >= 4 is 23.8 Å². The summed E-state index contributed by atoms with van der Waals surface area (Å²) in [4.78, 5) is 22.6. The largest absolute Gasteiger partial charge is 0.468 e. The van der Waals surface area contributed by atoms with E-state index in [1.807, 2.05) is 0 Å². The Morgan fingerprint density at radius 3 is 2.62 bits per heavy atom. The van der Waals surface area contributed by atoms with Crippen molar-refractivity contribution in [3.63, 3.8) is 0 Å². The normalized spacial score (nSPS) is 12.6. The maximum absolute atomic E-state index is 11.6. The van der Waals surface area contributed by atoms with Gasteiger partial charge in [-0.2, -0.15) is 0 Å². The molecule has 0 aliphatic heterocycles. The van der Waals surface area contributed by atoms with Crippen LogP contribution in [0, 0.1) is 0 Å². The summed E-state index contributed by atoms with van der Waals surface area (Å²) in [6, 6.07) is -0.500. The molecule has 1 atom stereocenters. The van der Waals surface area contributed by atoms with Crippen molar-refractivity contribution in [3.8, 4) is 0 Å². The Morgan fingerprint density at radius 2 is 2.05 bits per heavy atom. The highest BCUT2D eigenvalue weighted by atomic mass is 32.2. The van der Waals surface area contributed by atoms with Crippen molar-refractivity contribution < 1.29 is 23.5 Å². The lowest BCUT2D eigenvalue weighted by Gasteiger charge is -2.20. The third-order valence-corrected chi connectivity index (χ3v) is 2.86. The number of hydrogen-bond donors (Lipinski definition) is 1. The number of hydrogen-bond acceptors (Lipinski definition) is 8. The van der Waals surface area contributed by atoms with Gasteiger partial charge in [0.15, 0.2) is 0 Å². The van der Waals surface area contributed by atoms with E-state index < -0.39 is 17.7 Å². The van der Waals surface area contributed by atoms with Crippen LogP contribution in [0.3, 0.4) is 0 Å². The van der Waals surface area contributed by atoms with E-state index in [9.17, 15) is 9.59 Å². The molecule has 0 aliphatic carbocycles. The monoisotopic (exact) mass is 317 g/mol. The van der Waals surface area contributed by atoms with Crippen molar-refractivity contribution in [2.24, 2.45) is 0 Å². The highest BCUT2D eigenvalue weighted by molar-refractivity contribution is 7.99. The molecule has 8 nitrogen and oxygen atoms in total. The third-order valence-electron chi connectivity index (χ3n) is 2.07. The predicted octanol–water partition coefficient (Wildman–Crippen LogP) is 1.92. The van der Waals surface area contributed by atoms with Gasteiger partial charge in [-0.05, 0) is 27.7 Å². The molecule has 0 saturated carbocycles. The second kappa shape index (κ2) is 7.30. The lowest BCUT2D eigenvalue weighted by Crippen LogP contribution is -2.34. The number of carbonyl (C=O) groups is 2. The fraction of sp³-hybridized carbons (Fsp3) is 0.667. The van der Waals surface area contributed by atoms with Gasteiger partial charge in [0.05, 0.1) is 7.11 Å². The zero-order valence-corrected chi connectivity index (χ0v) is 13.4. The number of ether oxygens (including phenoxy) is 2. The van der Waals surface area contributed by atoms with Gasteiger partial charge in [0, 0.05) is 0 Å². The molecular weight excluding hydrogens is 298 g/mol. The van der Waals surface area contributed by atoms with Crippen LogP contribution >= 0.6 is 11.8 Å². The topological polar surface area (TPSA) is 104 Å². The number of carbonyl (C=O) groups excluding carboxylic acids is 2. The number of esters is 1. The van der Waals surface area contributed by atoms with Crippen LogP contribution in [-0.4, -0.2) is 40.7 Å². The first-order valence-corrected chi connectivity index (χ1v) is 7.22. The summed E-state index contributed by atoms with van der Waals surface area (Å²) < 4.78 is 15.0. The fourth-order valence-electron chi connectivity index (χ4n) is 1.18. The molecule has 1 amide bonds. The van der Waals surface area contributed by atoms with Gasteiger partial charge in [-0.3, -0.25) is 4.79 Å². The summed E-state index contributed by atoms with van der Waals surface area (Å²) in [5, 5.41) is 10.4. The number of nitrogens with one attached hydrogen (secondary N) is 1. The van der Waals surface area contributed by atoms with Crippen LogP contribution in [0.25, 0.3) is 0 Å². The fourth-order valence-corrected chi connectivity index (χ4v) is 1.78. The minimum Gasteiger partial charge on any atom is -0.468 e. The summed E-state index contributed by atoms with van der Waals surface area (Å²) in [7, 11) is 1.30. The van der Waals surface area contributed by atoms with E-state index in [0.717, 1.165) is 11.8 Å². The number of rotatable bonds is 5. The highest BCUT2D eigenvalue weighted by Gasteiger charge is 2.21. The molecule has 1 N–H and O–H groups in total. The van der Waals surface area contributed by atoms with Crippen molar-refractivity contribution in [1.29, 1.82) is 0 Å². The Bertz CT molecular complexity index is 497. The van der Waals surface area contributed by atoms with Gasteiger partial charge in [-0.25, -0.2) is 4.79 Å². The molecule has 1 rings (SSSR count). The molecule has 118 valence electrons. The highest BCUT2D eigenvalue weighted by Crippen LogP contribution is 2.20. The smallest absolute Gasteiger partial charge is 0.408 e. The number of alkyl carbamates (subject to hydrolysis) is 1. The van der Waals surface area contributed by atoms with Crippen molar-refractivity contribution in [1.82, 2.24) is 15.5 Å². The maximum atomic E-state index is 11.6. The minimum atomic E-state index is -0.583. The zero-order valence-electron chi connectivity index (χ0n) is 12.6. The lowest BCUT2D eigenvalue weighted by atomic mass is 10.2. The first-order valence-electron chi connectivity index (χ1n) is 6.24. The standard InChI is InChI=1S/C12H19N3O5S/c1-7(13-10(17)20-12(2,3)4)9-14-15-11(19-9)21-6-8(16)18-5/h7H,6H2,1-5H3,(H,13,17)/t7-/m1/s1. The van der Waals surface area contributed by atoms with E-state index in [2.05, 4.69) is 20.3 Å². The van der Waals surface area contributed by atoms with Gasteiger partial charge in [0.2, 0.25) is 5.89 Å². The molecule has 0 bridgehead atoms. The first kappa shape index (κ1) is 17.3. The minimum absolute atomic E-state index is 0.0754. The first-order chi connectivity index (χ1) is 9.71. The van der Waals surface area contributed by atoms with Gasteiger partial charge < -0.3 is 19.2 Å². The molecular formula is C12H19N3O5S. The molecule has 0 spiro atoms. The quantitative estimate of drug-likeness (QED) is 0.649. The van der Waals surface area contributed by atoms with Crippen molar-refractivity contribution in [2.75, 3.05) is 12.9 Å². The molecule has 1 aromatic heterocycles. The number of amides is 1. The van der Waals surface area contributed by atoms with Crippen molar-refractivity contribution in [2.45, 2.75) is 44.6 Å². The number of aromatic nitrogens is 2. The molecule has 0 aliphatic rings. The Balaban J connectivity index is 2.52. The van der Waals surface area contributed by atoms with E-state index >= 15 is 0 Å². The van der Waals surface area contributed by atoms with E-state index in [0.29, 0.717) is 0 Å². The molecule has 0 saturated heterocycles. The maximum Gasteiger partial charge on any atom is 0.408 e. The lowest BCUT2D eigenvalue weighted by molar-refractivity contribution is -0.137. The molecule has 0 radical (unpaired) electrons. The van der Waals surface area contributed by atoms with Gasteiger partial charge in [0.1, 0.15) is 17.4 Å². The Morgan fingerprint density at radius 1 is 1.38 bits per heavy atom. The number of nitrogens with zero attached hydrogens (tertiary/aromatic N) is 2. The average molecular weight is 317 g/mol.